The Balaban J connectivity index is 2.04. The first-order valence-electron chi connectivity index (χ1n) is 6.01. The van der Waals surface area contributed by atoms with Gasteiger partial charge in [-0.3, -0.25) is 4.79 Å². The molecule has 2 atom stereocenters. The molecule has 2 saturated heterocycles. The van der Waals surface area contributed by atoms with Crippen LogP contribution >= 0.6 is 11.6 Å². The lowest BCUT2D eigenvalue weighted by atomic mass is 10.0. The largest absolute Gasteiger partial charge is 0.361 e. The molecule has 0 spiro atoms. The molecule has 2 aliphatic heterocycles. The molecule has 0 N–H and O–H groups in total. The van der Waals surface area contributed by atoms with Crippen molar-refractivity contribution in [1.82, 2.24) is 0 Å². The Hall–Kier alpha value is -1.16. The number of benzene rings is 1. The van der Waals surface area contributed by atoms with Gasteiger partial charge in [0.1, 0.15) is 11.6 Å². The van der Waals surface area contributed by atoms with Gasteiger partial charge in [-0.15, -0.1) is 0 Å². The molecule has 0 saturated carbocycles. The summed E-state index contributed by atoms with van der Waals surface area (Å²) in [4.78, 5) is 13.4. The van der Waals surface area contributed by atoms with E-state index in [-0.39, 0.29) is 28.6 Å². The van der Waals surface area contributed by atoms with Crippen molar-refractivity contribution in [2.45, 2.75) is 37.8 Å². The molecule has 0 aliphatic carbocycles. The third kappa shape index (κ3) is 1.79. The molecular weight excluding hydrogens is 260 g/mol. The fourth-order valence-corrected chi connectivity index (χ4v) is 3.41. The normalized spacial score (nSPS) is 26.8. The van der Waals surface area contributed by atoms with Crippen LogP contribution in [0.2, 0.25) is 5.02 Å². The summed E-state index contributed by atoms with van der Waals surface area (Å²) in [5, 5.41) is 0.0822. The number of hydrogen-bond acceptors (Lipinski definition) is 2. The van der Waals surface area contributed by atoms with Gasteiger partial charge in [0.05, 0.1) is 10.7 Å². The second-order valence-corrected chi connectivity index (χ2v) is 5.36. The molecule has 18 heavy (non-hydrogen) atoms. The van der Waals surface area contributed by atoms with E-state index in [2.05, 4.69) is 0 Å². The summed E-state index contributed by atoms with van der Waals surface area (Å²) in [6.45, 7) is 0. The van der Waals surface area contributed by atoms with Crippen molar-refractivity contribution < 1.29 is 13.6 Å². The Morgan fingerprint density at radius 2 is 1.78 bits per heavy atom. The predicted octanol–water partition coefficient (Wildman–Crippen LogP) is 3.32. The molecular formula is C13H12ClF2NO. The average molecular weight is 272 g/mol. The number of carbonyl (C=O) groups excluding carboxylic acids is 1. The van der Waals surface area contributed by atoms with Gasteiger partial charge < -0.3 is 4.90 Å². The third-order valence-corrected chi connectivity index (χ3v) is 4.07. The SMILES string of the molecule is O=C1CC2CCC(C1)N2c1c(F)cc(F)cc1Cl. The van der Waals surface area contributed by atoms with E-state index >= 15 is 0 Å². The van der Waals surface area contributed by atoms with Gasteiger partial charge >= 0.3 is 0 Å². The molecule has 2 unspecified atom stereocenters. The lowest BCUT2D eigenvalue weighted by Crippen LogP contribution is -2.43. The summed E-state index contributed by atoms with van der Waals surface area (Å²) in [7, 11) is 0. The van der Waals surface area contributed by atoms with Crippen LogP contribution in [-0.4, -0.2) is 17.9 Å². The third-order valence-electron chi connectivity index (χ3n) is 3.79. The number of nitrogens with zero attached hydrogens (tertiary/aromatic N) is 1. The number of Topliss-reactive ketones (excluding diaryl/α,β-unsaturated/α-hetero) is 1. The molecule has 2 nitrogen and oxygen atoms in total. The molecule has 2 heterocycles. The molecule has 2 fully saturated rings. The highest BCUT2D eigenvalue weighted by molar-refractivity contribution is 6.33. The molecule has 2 aliphatic rings. The summed E-state index contributed by atoms with van der Waals surface area (Å²) in [5.41, 5.74) is 0.248. The smallest absolute Gasteiger partial charge is 0.150 e. The lowest BCUT2D eigenvalue weighted by molar-refractivity contribution is -0.120. The van der Waals surface area contributed by atoms with Crippen LogP contribution in [0.5, 0.6) is 0 Å². The Morgan fingerprint density at radius 3 is 2.33 bits per heavy atom. The van der Waals surface area contributed by atoms with Crippen LogP contribution in [0.3, 0.4) is 0 Å². The summed E-state index contributed by atoms with van der Waals surface area (Å²) in [6, 6.07) is 1.98. The highest BCUT2D eigenvalue weighted by atomic mass is 35.5. The highest BCUT2D eigenvalue weighted by Gasteiger charge is 2.41. The van der Waals surface area contributed by atoms with Gasteiger partial charge in [-0.1, -0.05) is 11.6 Å². The molecule has 0 amide bonds. The first kappa shape index (κ1) is 11.9. The van der Waals surface area contributed by atoms with E-state index in [1.165, 1.54) is 0 Å². The van der Waals surface area contributed by atoms with Crippen molar-refractivity contribution >= 4 is 23.1 Å². The fraction of sp³-hybridized carbons (Fsp3) is 0.462. The van der Waals surface area contributed by atoms with Crippen LogP contribution in [-0.2, 0) is 4.79 Å². The summed E-state index contributed by atoms with van der Waals surface area (Å²) in [5.74, 6) is -1.11. The number of ketones is 1. The highest BCUT2D eigenvalue weighted by Crippen LogP contribution is 2.42. The topological polar surface area (TPSA) is 20.3 Å². The second-order valence-electron chi connectivity index (χ2n) is 4.96. The van der Waals surface area contributed by atoms with E-state index in [0.717, 1.165) is 25.0 Å². The number of hydrogen-bond donors (Lipinski definition) is 0. The number of carbonyl (C=O) groups is 1. The van der Waals surface area contributed by atoms with Crippen LogP contribution in [0, 0.1) is 11.6 Å². The minimum absolute atomic E-state index is 0.00807. The van der Waals surface area contributed by atoms with E-state index in [1.807, 2.05) is 4.90 Å². The maximum atomic E-state index is 13.9. The molecule has 0 aromatic heterocycles. The van der Waals surface area contributed by atoms with Crippen molar-refractivity contribution in [3.05, 3.63) is 28.8 Å². The van der Waals surface area contributed by atoms with E-state index in [1.54, 1.807) is 0 Å². The first-order valence-corrected chi connectivity index (χ1v) is 6.38. The van der Waals surface area contributed by atoms with E-state index in [4.69, 9.17) is 11.6 Å². The summed E-state index contributed by atoms with van der Waals surface area (Å²) >= 11 is 5.96. The zero-order valence-electron chi connectivity index (χ0n) is 9.63. The zero-order valence-corrected chi connectivity index (χ0v) is 10.4. The number of fused-ring (bicyclic) bond motifs is 2. The number of halogens is 3. The minimum atomic E-state index is -0.679. The van der Waals surface area contributed by atoms with Crippen molar-refractivity contribution in [2.75, 3.05) is 4.90 Å². The van der Waals surface area contributed by atoms with Crippen LogP contribution in [0.4, 0.5) is 14.5 Å². The molecule has 5 heteroatoms. The monoisotopic (exact) mass is 271 g/mol. The lowest BCUT2D eigenvalue weighted by Gasteiger charge is -2.36. The zero-order chi connectivity index (χ0) is 12.9. The molecule has 2 bridgehead atoms. The van der Waals surface area contributed by atoms with Crippen LogP contribution in [0.25, 0.3) is 0 Å². The Bertz CT molecular complexity index is 481. The van der Waals surface area contributed by atoms with E-state index in [9.17, 15) is 13.6 Å². The fourth-order valence-electron chi connectivity index (χ4n) is 3.12. The number of rotatable bonds is 1. The van der Waals surface area contributed by atoms with Gasteiger partial charge in [-0.25, -0.2) is 8.78 Å². The predicted molar refractivity (Wildman–Crippen MR) is 64.9 cm³/mol. The van der Waals surface area contributed by atoms with Crippen molar-refractivity contribution in [3.8, 4) is 0 Å². The van der Waals surface area contributed by atoms with Gasteiger partial charge in [-0.2, -0.15) is 0 Å². The molecule has 0 radical (unpaired) electrons. The van der Waals surface area contributed by atoms with Crippen LogP contribution in [0.15, 0.2) is 12.1 Å². The quantitative estimate of drug-likeness (QED) is 0.781. The summed E-state index contributed by atoms with van der Waals surface area (Å²) in [6.07, 6.45) is 2.60. The molecule has 1 aromatic rings. The Kier molecular flexibility index (Phi) is 2.77. The second kappa shape index (κ2) is 4.19. The van der Waals surface area contributed by atoms with Gasteiger partial charge in [0.2, 0.25) is 0 Å². The summed E-state index contributed by atoms with van der Waals surface area (Å²) < 4.78 is 27.0. The minimum Gasteiger partial charge on any atom is -0.361 e. The molecule has 96 valence electrons. The maximum absolute atomic E-state index is 13.9. The standard InChI is InChI=1S/C13H12ClF2NO/c14-11-3-7(15)4-12(16)13(11)17-8-1-2-9(17)6-10(18)5-8/h3-4,8-9H,1-2,5-6H2. The van der Waals surface area contributed by atoms with E-state index < -0.39 is 11.6 Å². The average Bonchev–Trinajstić information content (AvgIpc) is 2.53. The Labute approximate surface area is 109 Å². The van der Waals surface area contributed by atoms with E-state index in [0.29, 0.717) is 12.8 Å². The number of anilines is 1. The van der Waals surface area contributed by atoms with Crippen LogP contribution < -0.4 is 4.90 Å². The van der Waals surface area contributed by atoms with Gasteiger partial charge in [-0.05, 0) is 18.9 Å². The van der Waals surface area contributed by atoms with Crippen molar-refractivity contribution in [1.29, 1.82) is 0 Å². The molecule has 1 aromatic carbocycles. The van der Waals surface area contributed by atoms with Gasteiger partial charge in [0, 0.05) is 31.0 Å². The first-order chi connectivity index (χ1) is 8.56. The van der Waals surface area contributed by atoms with Crippen LogP contribution in [0.1, 0.15) is 25.7 Å². The van der Waals surface area contributed by atoms with Crippen molar-refractivity contribution in [3.63, 3.8) is 0 Å². The van der Waals surface area contributed by atoms with Gasteiger partial charge in [0.15, 0.2) is 5.82 Å². The Morgan fingerprint density at radius 1 is 1.17 bits per heavy atom. The number of piperidine rings is 1. The van der Waals surface area contributed by atoms with Gasteiger partial charge in [0.25, 0.3) is 0 Å². The maximum Gasteiger partial charge on any atom is 0.150 e. The van der Waals surface area contributed by atoms with Crippen molar-refractivity contribution in [2.24, 2.45) is 0 Å². The molecule has 3 rings (SSSR count).